The fraction of sp³-hybridized carbons (Fsp3) is 0.714. The molecule has 1 rings (SSSR count). The molecule has 37 heavy (non-hydrogen) atoms. The van der Waals surface area contributed by atoms with Crippen LogP contribution in [-0.4, -0.2) is 61.8 Å². The van der Waals surface area contributed by atoms with Crippen LogP contribution in [0.2, 0.25) is 0 Å². The molecule has 0 radical (unpaired) electrons. The highest BCUT2D eigenvalue weighted by Gasteiger charge is 2.95. The molecule has 218 valence electrons. The van der Waals surface area contributed by atoms with Crippen molar-refractivity contribution in [1.82, 2.24) is 0 Å². The Hall–Kier alpha value is -0.0800. The molecule has 0 aliphatic carbocycles. The molecule has 0 saturated carbocycles. The molecule has 0 unspecified atom stereocenters. The molecule has 23 heteroatoms. The molecular weight excluding hydrogens is 841 g/mol. The molecule has 0 aliphatic rings. The molecule has 0 amide bonds. The first kappa shape index (κ1) is 34.9. The van der Waals surface area contributed by atoms with Gasteiger partial charge in [0.15, 0.2) is 9.84 Å². The Morgan fingerprint density at radius 1 is 0.622 bits per heavy atom. The van der Waals surface area contributed by atoms with E-state index in [0.29, 0.717) is 11.3 Å². The summed E-state index contributed by atoms with van der Waals surface area (Å²) in [6, 6.07) is 0.783. The lowest BCUT2D eigenvalue weighted by molar-refractivity contribution is -0.461. The van der Waals surface area contributed by atoms with Gasteiger partial charge >= 0.3 is 47.6 Å². The minimum atomic E-state index is -8.72. The first-order chi connectivity index (χ1) is 15.9. The quantitative estimate of drug-likeness (QED) is 0.176. The Bertz CT molecular complexity index is 1110. The number of hydrogen-bond acceptors (Lipinski definition) is 3. The van der Waals surface area contributed by atoms with Crippen LogP contribution in [0.15, 0.2) is 11.0 Å². The normalized spacial score (nSPS) is 15.9. The third-order valence-electron chi connectivity index (χ3n) is 4.43. The number of thiophene rings is 1. The van der Waals surface area contributed by atoms with Gasteiger partial charge in [0.1, 0.15) is 0 Å². The van der Waals surface area contributed by atoms with Crippen LogP contribution in [-0.2, 0) is 9.84 Å². The van der Waals surface area contributed by atoms with Gasteiger partial charge < -0.3 is 0 Å². The summed E-state index contributed by atoms with van der Waals surface area (Å²) in [5.41, 5.74) is 0. The Morgan fingerprint density at radius 3 is 1.30 bits per heavy atom. The van der Waals surface area contributed by atoms with E-state index in [2.05, 4.69) is 0 Å². The van der Waals surface area contributed by atoms with Crippen LogP contribution >= 0.6 is 56.5 Å². The van der Waals surface area contributed by atoms with Crippen molar-refractivity contribution in [2.45, 2.75) is 59.0 Å². The highest BCUT2D eigenvalue weighted by Crippen LogP contribution is 2.64. The van der Waals surface area contributed by atoms with E-state index in [4.69, 9.17) is 0 Å². The van der Waals surface area contributed by atoms with Gasteiger partial charge in [-0.3, -0.25) is 0 Å². The van der Waals surface area contributed by atoms with Gasteiger partial charge in [0.2, 0.25) is 0 Å². The smallest absolute Gasteiger partial charge is 0.224 e. The van der Waals surface area contributed by atoms with E-state index < -0.39 is 74.5 Å². The third-order valence-corrected chi connectivity index (χ3v) is 9.59. The van der Waals surface area contributed by atoms with Crippen LogP contribution in [0.25, 0.3) is 0 Å². The lowest BCUT2D eigenvalue weighted by Gasteiger charge is -2.42. The molecule has 1 aromatic heterocycles. The molecule has 0 aliphatic heterocycles. The second-order valence-corrected chi connectivity index (χ2v) is 13.7. The van der Waals surface area contributed by atoms with E-state index in [-0.39, 0.29) is 5.77 Å². The van der Waals surface area contributed by atoms with E-state index in [9.17, 15) is 83.1 Å². The topological polar surface area (TPSA) is 34.1 Å². The van der Waals surface area contributed by atoms with Gasteiger partial charge in [0.25, 0.3) is 0 Å². The largest absolute Gasteiger partial charge is 0.460 e. The first-order valence-corrected chi connectivity index (χ1v) is 12.9. The van der Waals surface area contributed by atoms with Gasteiger partial charge in [-0.2, -0.15) is 74.6 Å². The van der Waals surface area contributed by atoms with Crippen LogP contribution in [0.4, 0.5) is 74.6 Å². The predicted octanol–water partition coefficient (Wildman–Crippen LogP) is 8.13. The van der Waals surface area contributed by atoms with Crippen LogP contribution < -0.4 is 0 Å². The number of halogens is 19. The van der Waals surface area contributed by atoms with Crippen LogP contribution in [0.5, 0.6) is 0 Å². The first-order valence-electron chi connectivity index (χ1n) is 8.26. The van der Waals surface area contributed by atoms with Crippen molar-refractivity contribution >= 4 is 66.4 Å². The van der Waals surface area contributed by atoms with Crippen molar-refractivity contribution in [3.05, 3.63) is 11.8 Å². The van der Waals surface area contributed by atoms with Crippen LogP contribution in [0, 0.1) is 5.77 Å². The van der Waals surface area contributed by atoms with Crippen molar-refractivity contribution in [2.24, 2.45) is 0 Å². The summed E-state index contributed by atoms with van der Waals surface area (Å²) in [5.74, 6) is -59.6. The molecule has 0 fully saturated rings. The zero-order valence-corrected chi connectivity index (χ0v) is 22.3. The van der Waals surface area contributed by atoms with E-state index in [1.165, 1.54) is 45.2 Å². The molecule has 0 bridgehead atoms. The summed E-state index contributed by atoms with van der Waals surface area (Å²) >= 11 is 3.52. The van der Waals surface area contributed by atoms with Crippen molar-refractivity contribution < 1.29 is 83.1 Å². The average Bonchev–Trinajstić information content (AvgIpc) is 3.03. The maximum absolute atomic E-state index is 13.9. The summed E-state index contributed by atoms with van der Waals surface area (Å²) in [4.78, 5) is -0.820. The summed E-state index contributed by atoms with van der Waals surface area (Å²) in [6.45, 7) is 0. The molecule has 1 heterocycles. The zero-order valence-electron chi connectivity index (χ0n) is 16.3. The summed E-state index contributed by atoms with van der Waals surface area (Å²) in [5, 5.41) is 0. The lowest BCUT2D eigenvalue weighted by Crippen LogP contribution is -2.74. The van der Waals surface area contributed by atoms with Gasteiger partial charge in [-0.15, -0.1) is 11.3 Å². The molecule has 0 N–H and O–H groups in total. The Morgan fingerprint density at radius 2 is 0.973 bits per heavy atom. The zero-order chi connectivity index (χ0) is 30.1. The maximum Gasteiger partial charge on any atom is 0.460 e. The summed E-state index contributed by atoms with van der Waals surface area (Å²) < 4.78 is 249. The number of sulfone groups is 1. The Balaban J connectivity index is 3.51. The van der Waals surface area contributed by atoms with E-state index in [1.54, 1.807) is 0 Å². The fourth-order valence-electron chi connectivity index (χ4n) is 2.26. The second kappa shape index (κ2) is 9.78. The highest BCUT2D eigenvalue weighted by molar-refractivity contribution is 14.1. The van der Waals surface area contributed by atoms with E-state index >= 15 is 0 Å². The van der Waals surface area contributed by atoms with Gasteiger partial charge in [-0.25, -0.2) is 8.42 Å². The molecule has 2 nitrogen and oxygen atoms in total. The average molecular weight is 846 g/mol. The van der Waals surface area contributed by atoms with Gasteiger partial charge in [-0.1, -0.05) is 0 Å². The van der Waals surface area contributed by atoms with Gasteiger partial charge in [-0.05, 0) is 51.2 Å². The van der Waals surface area contributed by atoms with Crippen LogP contribution in [0.1, 0.15) is 6.42 Å². The molecule has 0 aromatic carbocycles. The van der Waals surface area contributed by atoms with Gasteiger partial charge in [0.05, 0.1) is 16.4 Å². The Kier molecular flexibility index (Phi) is 9.24. The number of hydrogen-bond donors (Lipinski definition) is 0. The minimum Gasteiger partial charge on any atom is -0.224 e. The molecule has 0 spiro atoms. The Labute approximate surface area is 225 Å². The lowest BCUT2D eigenvalue weighted by atomic mass is 9.88. The molecule has 1 aromatic rings. The third kappa shape index (κ3) is 5.35. The van der Waals surface area contributed by atoms with Crippen molar-refractivity contribution in [2.75, 3.05) is 5.75 Å². The summed E-state index contributed by atoms with van der Waals surface area (Å²) in [6.07, 6.45) is -10.9. The number of alkyl halides is 17. The van der Waals surface area contributed by atoms with Crippen molar-refractivity contribution in [3.63, 3.8) is 0 Å². The van der Waals surface area contributed by atoms with Crippen molar-refractivity contribution in [1.29, 1.82) is 0 Å². The summed E-state index contributed by atoms with van der Waals surface area (Å²) in [7, 11) is -5.07. The second-order valence-electron chi connectivity index (χ2n) is 6.91. The SMILES string of the molecule is O=S(=O)(CCC(F)(F)C(F)(F)C(F)(F)C(F)(F)C(F)(F)C(F)(F)C(F)(F)C(F)(F)F)c1cc(I)sc1I. The van der Waals surface area contributed by atoms with Crippen LogP contribution in [0.3, 0.4) is 0 Å². The van der Waals surface area contributed by atoms with E-state index in [0.717, 1.165) is 6.07 Å². The standard InChI is InChI=1S/C14H5F17I2O2S2/c15-7(16,1-2-37(34,35)4-3-5(32)36-6(4)33)8(17,18)9(19,20)10(21,22)11(23,24)12(25,26)13(27,28)14(29,30)31/h3H,1-2H2. The highest BCUT2D eigenvalue weighted by atomic mass is 127. The van der Waals surface area contributed by atoms with Gasteiger partial charge in [0, 0.05) is 6.42 Å². The number of rotatable bonds is 10. The predicted molar refractivity (Wildman–Crippen MR) is 107 cm³/mol. The molecule has 0 atom stereocenters. The molecular formula is C14H5F17I2O2S2. The molecule has 0 saturated heterocycles. The monoisotopic (exact) mass is 846 g/mol. The minimum absolute atomic E-state index is 0.169. The maximum atomic E-state index is 13.9. The van der Waals surface area contributed by atoms with Crippen molar-refractivity contribution in [3.8, 4) is 0 Å². The van der Waals surface area contributed by atoms with E-state index in [1.807, 2.05) is 0 Å². The fourth-order valence-corrected chi connectivity index (χ4v) is 8.96.